The van der Waals surface area contributed by atoms with Crippen LogP contribution in [0.5, 0.6) is 0 Å². The Hall–Kier alpha value is -1.55. The molecule has 0 aliphatic heterocycles. The van der Waals surface area contributed by atoms with Gasteiger partial charge in [0.15, 0.2) is 0 Å². The van der Waals surface area contributed by atoms with Crippen LogP contribution in [-0.2, 0) is 19.1 Å². The van der Waals surface area contributed by atoms with Crippen molar-refractivity contribution < 1.29 is 37.4 Å². The van der Waals surface area contributed by atoms with Crippen LogP contribution in [0.1, 0.15) is 78.6 Å². The first kappa shape index (κ1) is 29.9. The molecule has 8 atom stereocenters. The molecule has 0 aromatic heterocycles. The van der Waals surface area contributed by atoms with Crippen LogP contribution in [0.3, 0.4) is 0 Å². The maximum Gasteiger partial charge on any atom is 0.471 e. The van der Waals surface area contributed by atoms with Crippen molar-refractivity contribution in [3.63, 3.8) is 0 Å². The highest BCUT2D eigenvalue weighted by atomic mass is 32.2. The molecule has 6 nitrogen and oxygen atoms in total. The van der Waals surface area contributed by atoms with Crippen molar-refractivity contribution in [2.75, 3.05) is 12.4 Å². The first-order chi connectivity index (χ1) is 18.7. The van der Waals surface area contributed by atoms with E-state index in [1.54, 1.807) is 0 Å². The molecule has 2 unspecified atom stereocenters. The summed E-state index contributed by atoms with van der Waals surface area (Å²) in [5.41, 5.74) is -1.47. The van der Waals surface area contributed by atoms with Crippen LogP contribution in [0.2, 0.25) is 0 Å². The van der Waals surface area contributed by atoms with Gasteiger partial charge in [-0.15, -0.1) is 18.3 Å². The van der Waals surface area contributed by atoms with Gasteiger partial charge in [-0.25, -0.2) is 0 Å². The van der Waals surface area contributed by atoms with E-state index in [0.29, 0.717) is 44.3 Å². The standard InChI is InChI=1S/C30H42F3NO5S/c1-5-26(4)12-13-27(17(2)14-29-21(35)10-11-28(29,24(27)29)18(3)23(26)37)16-39-22(36)15-40-20-8-6-19(7-9-20)34-25(38)30(31,32)33/h5,17-20,23-24,37H,1,6-16H2,2-4H3,(H,34,38)/t17?,18-,19?,20?,23-,24-,26+,27-,28+,29?/m0/s1. The van der Waals surface area contributed by atoms with E-state index < -0.39 is 35.1 Å². The van der Waals surface area contributed by atoms with Gasteiger partial charge in [-0.3, -0.25) is 14.4 Å². The van der Waals surface area contributed by atoms with E-state index in [1.165, 1.54) is 11.8 Å². The topological polar surface area (TPSA) is 92.7 Å². The Labute approximate surface area is 238 Å². The maximum atomic E-state index is 13.4. The number of halogens is 3. The summed E-state index contributed by atoms with van der Waals surface area (Å²) in [6, 6.07) is -0.497. The minimum absolute atomic E-state index is 0.0542. The minimum Gasteiger partial charge on any atom is -0.464 e. The predicted octanol–water partition coefficient (Wildman–Crippen LogP) is 5.23. The van der Waals surface area contributed by atoms with Gasteiger partial charge in [-0.05, 0) is 74.5 Å². The number of ether oxygens (including phenoxy) is 1. The number of rotatable bonds is 7. The van der Waals surface area contributed by atoms with E-state index in [2.05, 4.69) is 25.7 Å². The first-order valence-corrected chi connectivity index (χ1v) is 15.7. The summed E-state index contributed by atoms with van der Waals surface area (Å²) in [6.07, 6.45) is 2.13. The third-order valence-corrected chi connectivity index (χ3v) is 13.3. The smallest absolute Gasteiger partial charge is 0.464 e. The van der Waals surface area contributed by atoms with E-state index >= 15 is 0 Å². The fourth-order valence-electron chi connectivity index (χ4n) is 9.75. The van der Waals surface area contributed by atoms with E-state index in [4.69, 9.17) is 4.74 Å². The number of hydrogen-bond acceptors (Lipinski definition) is 6. The van der Waals surface area contributed by atoms with Crippen LogP contribution < -0.4 is 5.32 Å². The monoisotopic (exact) mass is 585 g/mol. The Bertz CT molecular complexity index is 1080. The molecule has 5 fully saturated rings. The van der Waals surface area contributed by atoms with Crippen molar-refractivity contribution in [1.29, 1.82) is 0 Å². The number of nitrogens with one attached hydrogen (secondary N) is 1. The quantitative estimate of drug-likeness (QED) is 0.314. The minimum atomic E-state index is -4.88. The molecule has 5 aliphatic rings. The average molecular weight is 586 g/mol. The summed E-state index contributed by atoms with van der Waals surface area (Å²) in [7, 11) is 0. The van der Waals surface area contributed by atoms with Crippen molar-refractivity contribution in [3.8, 4) is 0 Å². The van der Waals surface area contributed by atoms with Gasteiger partial charge in [0.05, 0.1) is 18.5 Å². The summed E-state index contributed by atoms with van der Waals surface area (Å²) >= 11 is 1.46. The van der Waals surface area contributed by atoms with Gasteiger partial charge in [0, 0.05) is 34.0 Å². The molecule has 1 amide bonds. The molecule has 0 heterocycles. The fraction of sp³-hybridized carbons (Fsp3) is 0.833. The number of Topliss-reactive ketones (excluding diaryl/α,β-unsaturated/α-hetero) is 1. The zero-order valence-electron chi connectivity index (χ0n) is 23.6. The van der Waals surface area contributed by atoms with Crippen molar-refractivity contribution in [2.45, 2.75) is 102 Å². The number of aliphatic hydroxyl groups excluding tert-OH is 1. The first-order valence-electron chi connectivity index (χ1n) is 14.7. The lowest BCUT2D eigenvalue weighted by Gasteiger charge is -2.49. The molecule has 5 rings (SSSR count). The molecular weight excluding hydrogens is 543 g/mol. The summed E-state index contributed by atoms with van der Waals surface area (Å²) in [6.45, 7) is 10.6. The van der Waals surface area contributed by atoms with E-state index in [0.717, 1.165) is 19.3 Å². The second-order valence-corrected chi connectivity index (χ2v) is 14.9. The SMILES string of the molecule is C=C[C@]1(C)CC[C@]2(COC(=O)CSC3CCC(NC(=O)C(F)(F)F)CC3)C(C)CC34C(=O)CC[C@@]3([C@@H](C)[C@@H]1O)[C@@H]42. The highest BCUT2D eigenvalue weighted by molar-refractivity contribution is 8.00. The summed E-state index contributed by atoms with van der Waals surface area (Å²) in [4.78, 5) is 37.6. The molecule has 2 N–H and O–H groups in total. The zero-order valence-corrected chi connectivity index (χ0v) is 24.5. The molecule has 0 aromatic carbocycles. The number of thioether (sulfide) groups is 1. The number of ketones is 1. The average Bonchev–Trinajstić information content (AvgIpc) is 3.25. The van der Waals surface area contributed by atoms with Crippen molar-refractivity contribution >= 4 is 29.4 Å². The normalized spacial score (nSPS) is 46.0. The van der Waals surface area contributed by atoms with Crippen molar-refractivity contribution in [2.24, 2.45) is 39.4 Å². The Morgan fingerprint density at radius 2 is 1.85 bits per heavy atom. The van der Waals surface area contributed by atoms with Gasteiger partial charge in [0.2, 0.25) is 0 Å². The lowest BCUT2D eigenvalue weighted by atomic mass is 9.57. The highest BCUT2D eigenvalue weighted by Crippen LogP contribution is 2.91. The van der Waals surface area contributed by atoms with Gasteiger partial charge >= 0.3 is 18.1 Å². The van der Waals surface area contributed by atoms with E-state index in [1.807, 2.05) is 13.0 Å². The van der Waals surface area contributed by atoms with E-state index in [9.17, 15) is 32.7 Å². The molecule has 0 radical (unpaired) electrons. The Morgan fingerprint density at radius 1 is 1.18 bits per heavy atom. The number of carbonyl (C=O) groups is 3. The molecule has 5 saturated carbocycles. The molecule has 5 aliphatic carbocycles. The lowest BCUT2D eigenvalue weighted by molar-refractivity contribution is -0.174. The van der Waals surface area contributed by atoms with Gasteiger partial charge in [-0.2, -0.15) is 13.2 Å². The largest absolute Gasteiger partial charge is 0.471 e. The second-order valence-electron chi connectivity index (χ2n) is 13.6. The van der Waals surface area contributed by atoms with Crippen molar-refractivity contribution in [1.82, 2.24) is 5.32 Å². The van der Waals surface area contributed by atoms with Crippen LogP contribution in [0.25, 0.3) is 0 Å². The molecular formula is C30H42F3NO5S. The van der Waals surface area contributed by atoms with Crippen molar-refractivity contribution in [3.05, 3.63) is 12.7 Å². The van der Waals surface area contributed by atoms with Gasteiger partial charge < -0.3 is 15.2 Å². The Morgan fingerprint density at radius 3 is 2.48 bits per heavy atom. The second kappa shape index (κ2) is 10.0. The molecule has 10 heteroatoms. The summed E-state index contributed by atoms with van der Waals surface area (Å²) < 4.78 is 43.6. The van der Waals surface area contributed by atoms with Gasteiger partial charge in [0.25, 0.3) is 0 Å². The maximum absolute atomic E-state index is 13.4. The number of hydrogen-bond donors (Lipinski definition) is 2. The molecule has 0 bridgehead atoms. The van der Waals surface area contributed by atoms with Gasteiger partial charge in [0.1, 0.15) is 5.78 Å². The zero-order chi connectivity index (χ0) is 29.3. The Kier molecular flexibility index (Phi) is 7.50. The summed E-state index contributed by atoms with van der Waals surface area (Å²) in [5, 5.41) is 13.7. The third-order valence-electron chi connectivity index (χ3n) is 12.0. The van der Waals surface area contributed by atoms with Gasteiger partial charge in [-0.1, -0.05) is 26.8 Å². The van der Waals surface area contributed by atoms with Crippen LogP contribution in [0.15, 0.2) is 12.7 Å². The third kappa shape index (κ3) is 4.28. The number of carbonyl (C=O) groups excluding carboxylic acids is 3. The highest BCUT2D eigenvalue weighted by Gasteiger charge is 2.91. The van der Waals surface area contributed by atoms with Crippen LogP contribution in [-0.4, -0.2) is 58.7 Å². The number of aliphatic hydroxyl groups is 1. The van der Waals surface area contributed by atoms with Crippen LogP contribution in [0, 0.1) is 39.4 Å². The van der Waals surface area contributed by atoms with Crippen LogP contribution in [0.4, 0.5) is 13.2 Å². The lowest BCUT2D eigenvalue weighted by Crippen LogP contribution is -2.48. The molecule has 224 valence electrons. The molecule has 0 aromatic rings. The fourth-order valence-corrected chi connectivity index (χ4v) is 10.8. The number of amides is 1. The Balaban J connectivity index is 1.21. The predicted molar refractivity (Wildman–Crippen MR) is 145 cm³/mol. The number of esters is 1. The van der Waals surface area contributed by atoms with Crippen LogP contribution >= 0.6 is 11.8 Å². The summed E-state index contributed by atoms with van der Waals surface area (Å²) in [5.74, 6) is -1.46. The molecule has 40 heavy (non-hydrogen) atoms. The molecule has 2 spiro atoms. The number of alkyl halides is 3. The molecule has 0 saturated heterocycles. The van der Waals surface area contributed by atoms with E-state index in [-0.39, 0.29) is 52.2 Å².